The third-order valence-corrected chi connectivity index (χ3v) is 5.22. The van der Waals surface area contributed by atoms with Gasteiger partial charge in [0.25, 0.3) is 0 Å². The van der Waals surface area contributed by atoms with E-state index in [9.17, 15) is 0 Å². The molecule has 1 saturated carbocycles. The highest BCUT2D eigenvalue weighted by Gasteiger charge is 2.44. The second-order valence-electron chi connectivity index (χ2n) is 7.43. The monoisotopic (exact) mass is 305 g/mol. The number of rotatable bonds is 5. The number of piperidine rings is 1. The summed E-state index contributed by atoms with van der Waals surface area (Å²) in [7, 11) is 1.98. The lowest BCUT2D eigenvalue weighted by Crippen LogP contribution is -2.47. The Morgan fingerprint density at radius 3 is 3.14 bits per heavy atom. The molecule has 0 radical (unpaired) electrons. The molecule has 0 N–H and O–H groups in total. The van der Waals surface area contributed by atoms with Gasteiger partial charge in [0, 0.05) is 44.9 Å². The Balaban J connectivity index is 1.32. The first-order chi connectivity index (χ1) is 10.7. The van der Waals surface area contributed by atoms with Crippen molar-refractivity contribution in [1.82, 2.24) is 14.7 Å². The maximum Gasteiger partial charge on any atom is 0.0836 e. The van der Waals surface area contributed by atoms with Crippen LogP contribution in [0, 0.1) is 5.92 Å². The van der Waals surface area contributed by atoms with Crippen molar-refractivity contribution in [2.24, 2.45) is 13.0 Å². The van der Waals surface area contributed by atoms with Crippen LogP contribution in [0.15, 0.2) is 12.4 Å². The van der Waals surface area contributed by atoms with Crippen LogP contribution in [-0.4, -0.2) is 52.7 Å². The molecule has 1 aromatic heterocycles. The van der Waals surface area contributed by atoms with Crippen LogP contribution < -0.4 is 0 Å². The Labute approximate surface area is 132 Å². The minimum absolute atomic E-state index is 0.0364. The normalized spacial score (nSPS) is 32.9. The molecule has 1 spiro atoms. The summed E-state index contributed by atoms with van der Waals surface area (Å²) < 4.78 is 14.2. The molecule has 0 aromatic carbocycles. The molecule has 3 aliphatic rings. The van der Waals surface area contributed by atoms with E-state index in [1.54, 1.807) is 0 Å². The van der Waals surface area contributed by atoms with Gasteiger partial charge in [-0.3, -0.25) is 9.58 Å². The van der Waals surface area contributed by atoms with E-state index >= 15 is 0 Å². The molecule has 2 aliphatic heterocycles. The molecular formula is C17H27N3O2. The molecule has 22 heavy (non-hydrogen) atoms. The zero-order chi connectivity index (χ0) is 15.0. The third kappa shape index (κ3) is 3.36. The number of likely N-dealkylation sites (tertiary alicyclic amines) is 1. The van der Waals surface area contributed by atoms with Gasteiger partial charge in [0.05, 0.1) is 24.5 Å². The Morgan fingerprint density at radius 2 is 2.36 bits per heavy atom. The predicted octanol–water partition coefficient (Wildman–Crippen LogP) is 1.97. The smallest absolute Gasteiger partial charge is 0.0836 e. The summed E-state index contributed by atoms with van der Waals surface area (Å²) in [6.07, 6.45) is 10.6. The van der Waals surface area contributed by atoms with Crippen molar-refractivity contribution in [2.45, 2.75) is 50.4 Å². The molecule has 1 aliphatic carbocycles. The number of aromatic nitrogens is 2. The fourth-order valence-electron chi connectivity index (χ4n) is 3.89. The van der Waals surface area contributed by atoms with Crippen LogP contribution in [0.1, 0.15) is 37.7 Å². The first-order valence-electron chi connectivity index (χ1n) is 8.66. The van der Waals surface area contributed by atoms with Gasteiger partial charge in [0.2, 0.25) is 0 Å². The molecule has 5 heteroatoms. The van der Waals surface area contributed by atoms with Gasteiger partial charge in [-0.15, -0.1) is 0 Å². The quantitative estimate of drug-likeness (QED) is 0.834. The number of ether oxygens (including phenoxy) is 2. The van der Waals surface area contributed by atoms with E-state index in [1.165, 1.54) is 31.2 Å². The minimum atomic E-state index is 0.0364. The molecule has 122 valence electrons. The lowest BCUT2D eigenvalue weighted by molar-refractivity contribution is -0.0547. The fourth-order valence-corrected chi connectivity index (χ4v) is 3.89. The molecule has 1 aromatic rings. The van der Waals surface area contributed by atoms with Crippen LogP contribution in [-0.2, 0) is 23.1 Å². The summed E-state index contributed by atoms with van der Waals surface area (Å²) in [6.45, 7) is 4.91. The van der Waals surface area contributed by atoms with E-state index in [-0.39, 0.29) is 5.60 Å². The van der Waals surface area contributed by atoms with Crippen molar-refractivity contribution in [1.29, 1.82) is 0 Å². The maximum atomic E-state index is 6.23. The summed E-state index contributed by atoms with van der Waals surface area (Å²) >= 11 is 0. The first kappa shape index (κ1) is 14.7. The molecule has 2 unspecified atom stereocenters. The van der Waals surface area contributed by atoms with Crippen molar-refractivity contribution >= 4 is 0 Å². The fraction of sp³-hybridized carbons (Fsp3) is 0.824. The van der Waals surface area contributed by atoms with Crippen molar-refractivity contribution in [3.63, 3.8) is 0 Å². The van der Waals surface area contributed by atoms with E-state index in [4.69, 9.17) is 9.47 Å². The lowest BCUT2D eigenvalue weighted by Gasteiger charge is -2.39. The second-order valence-corrected chi connectivity index (χ2v) is 7.43. The maximum absolute atomic E-state index is 6.23. The van der Waals surface area contributed by atoms with Gasteiger partial charge in [-0.1, -0.05) is 0 Å². The number of hydrogen-bond donors (Lipinski definition) is 0. The Kier molecular flexibility index (Phi) is 3.96. The van der Waals surface area contributed by atoms with Crippen LogP contribution in [0.2, 0.25) is 0 Å². The van der Waals surface area contributed by atoms with E-state index in [1.807, 2.05) is 17.9 Å². The summed E-state index contributed by atoms with van der Waals surface area (Å²) in [4.78, 5) is 2.52. The Bertz CT molecular complexity index is 514. The highest BCUT2D eigenvalue weighted by Crippen LogP contribution is 2.37. The third-order valence-electron chi connectivity index (χ3n) is 5.22. The number of hydrogen-bond acceptors (Lipinski definition) is 4. The molecule has 4 rings (SSSR count). The van der Waals surface area contributed by atoms with Crippen LogP contribution in [0.5, 0.6) is 0 Å². The summed E-state index contributed by atoms with van der Waals surface area (Å²) in [6, 6.07) is 0. The Morgan fingerprint density at radius 1 is 1.45 bits per heavy atom. The van der Waals surface area contributed by atoms with Crippen LogP contribution in [0.4, 0.5) is 0 Å². The molecule has 0 bridgehead atoms. The topological polar surface area (TPSA) is 39.5 Å². The number of aryl methyl sites for hydroxylation is 1. The lowest BCUT2D eigenvalue weighted by atomic mass is 9.89. The molecule has 5 nitrogen and oxygen atoms in total. The first-order valence-corrected chi connectivity index (χ1v) is 8.66. The van der Waals surface area contributed by atoms with Gasteiger partial charge in [0.15, 0.2) is 0 Å². The van der Waals surface area contributed by atoms with Crippen LogP contribution >= 0.6 is 0 Å². The van der Waals surface area contributed by atoms with Gasteiger partial charge < -0.3 is 9.47 Å². The van der Waals surface area contributed by atoms with Crippen molar-refractivity contribution in [2.75, 3.05) is 26.3 Å². The molecule has 3 fully saturated rings. The minimum Gasteiger partial charge on any atom is -0.375 e. The summed E-state index contributed by atoms with van der Waals surface area (Å²) in [5, 5.41) is 4.27. The predicted molar refractivity (Wildman–Crippen MR) is 83.5 cm³/mol. The van der Waals surface area contributed by atoms with Crippen LogP contribution in [0.25, 0.3) is 0 Å². The number of nitrogens with zero attached hydrogens (tertiary/aromatic N) is 3. The van der Waals surface area contributed by atoms with Gasteiger partial charge in [-0.25, -0.2) is 0 Å². The van der Waals surface area contributed by atoms with Crippen LogP contribution in [0.3, 0.4) is 0 Å². The van der Waals surface area contributed by atoms with E-state index < -0.39 is 0 Å². The second kappa shape index (κ2) is 5.95. The van der Waals surface area contributed by atoms with Gasteiger partial charge in [-0.05, 0) is 38.1 Å². The molecule has 2 saturated heterocycles. The van der Waals surface area contributed by atoms with Gasteiger partial charge >= 0.3 is 0 Å². The SMILES string of the molecule is Cn1cc(CN2CCCC3(CC(OCC4CC4)CO3)C2)cn1. The molecule has 3 heterocycles. The van der Waals surface area contributed by atoms with Crippen molar-refractivity contribution in [3.05, 3.63) is 18.0 Å². The van der Waals surface area contributed by atoms with Crippen molar-refractivity contribution in [3.8, 4) is 0 Å². The summed E-state index contributed by atoms with van der Waals surface area (Å²) in [5.74, 6) is 0.838. The molecule has 0 amide bonds. The van der Waals surface area contributed by atoms with Crippen molar-refractivity contribution < 1.29 is 9.47 Å². The van der Waals surface area contributed by atoms with E-state index in [0.717, 1.165) is 45.2 Å². The molecular weight excluding hydrogens is 278 g/mol. The summed E-state index contributed by atoms with van der Waals surface area (Å²) in [5.41, 5.74) is 1.33. The highest BCUT2D eigenvalue weighted by atomic mass is 16.6. The zero-order valence-electron chi connectivity index (χ0n) is 13.5. The van der Waals surface area contributed by atoms with Gasteiger partial charge in [0.1, 0.15) is 0 Å². The van der Waals surface area contributed by atoms with E-state index in [2.05, 4.69) is 16.2 Å². The largest absolute Gasteiger partial charge is 0.375 e. The average molecular weight is 305 g/mol. The highest BCUT2D eigenvalue weighted by molar-refractivity contribution is 5.05. The average Bonchev–Trinajstić information content (AvgIpc) is 3.14. The standard InChI is InChI=1S/C17H27N3O2/c1-19-9-15(8-18-19)10-20-6-2-5-17(13-20)7-16(12-22-17)21-11-14-3-4-14/h8-9,14,16H,2-7,10-13H2,1H3. The molecule has 2 atom stereocenters. The van der Waals surface area contributed by atoms with E-state index in [0.29, 0.717) is 6.10 Å². The van der Waals surface area contributed by atoms with Gasteiger partial charge in [-0.2, -0.15) is 5.10 Å². The zero-order valence-corrected chi connectivity index (χ0v) is 13.5. The Hall–Kier alpha value is -0.910.